The van der Waals surface area contributed by atoms with Gasteiger partial charge >= 0.3 is 0 Å². The van der Waals surface area contributed by atoms with Crippen LogP contribution in [0.5, 0.6) is 0 Å². The lowest BCUT2D eigenvalue weighted by atomic mass is 10.1. The van der Waals surface area contributed by atoms with Crippen molar-refractivity contribution in [3.8, 4) is 11.3 Å². The van der Waals surface area contributed by atoms with E-state index in [1.54, 1.807) is 37.3 Å². The first kappa shape index (κ1) is 17.5. The van der Waals surface area contributed by atoms with Crippen molar-refractivity contribution in [2.24, 2.45) is 0 Å². The quantitative estimate of drug-likeness (QED) is 0.783. The lowest BCUT2D eigenvalue weighted by Gasteiger charge is -2.15. The van der Waals surface area contributed by atoms with Crippen molar-refractivity contribution in [2.75, 3.05) is 5.32 Å². The monoisotopic (exact) mass is 352 g/mol. The van der Waals surface area contributed by atoms with Gasteiger partial charge in [0.05, 0.1) is 5.69 Å². The maximum atomic E-state index is 13.1. The van der Waals surface area contributed by atoms with Gasteiger partial charge in [-0.25, -0.2) is 14.1 Å². The summed E-state index contributed by atoms with van der Waals surface area (Å²) in [6.45, 7) is 3.39. The maximum absolute atomic E-state index is 13.1. The third-order valence-electron chi connectivity index (χ3n) is 3.85. The van der Waals surface area contributed by atoms with Crippen LogP contribution in [-0.2, 0) is 4.79 Å². The Morgan fingerprint density at radius 2 is 1.85 bits per heavy atom. The zero-order valence-corrected chi connectivity index (χ0v) is 14.3. The van der Waals surface area contributed by atoms with Gasteiger partial charge in [-0.3, -0.25) is 9.59 Å². The first-order chi connectivity index (χ1) is 12.4. The number of hydrogen-bond acceptors (Lipinski definition) is 4. The molecule has 1 N–H and O–H groups in total. The molecule has 0 spiro atoms. The highest BCUT2D eigenvalue weighted by Crippen LogP contribution is 2.17. The van der Waals surface area contributed by atoms with Gasteiger partial charge in [0.25, 0.3) is 5.56 Å². The van der Waals surface area contributed by atoms with Gasteiger partial charge in [-0.2, -0.15) is 5.10 Å². The lowest BCUT2D eigenvalue weighted by Crippen LogP contribution is -2.33. The van der Waals surface area contributed by atoms with E-state index < -0.39 is 17.5 Å². The number of pyridine rings is 1. The minimum atomic E-state index is -0.842. The second-order valence-corrected chi connectivity index (χ2v) is 5.84. The Morgan fingerprint density at radius 1 is 1.12 bits per heavy atom. The van der Waals surface area contributed by atoms with Crippen LogP contribution < -0.4 is 10.9 Å². The molecule has 2 aromatic heterocycles. The molecule has 0 unspecified atom stereocenters. The van der Waals surface area contributed by atoms with E-state index in [0.29, 0.717) is 17.1 Å². The zero-order valence-electron chi connectivity index (χ0n) is 14.3. The van der Waals surface area contributed by atoms with Gasteiger partial charge < -0.3 is 5.32 Å². The number of carbonyl (C=O) groups excluding carboxylic acids is 1. The maximum Gasteiger partial charge on any atom is 0.267 e. The van der Waals surface area contributed by atoms with E-state index >= 15 is 0 Å². The summed E-state index contributed by atoms with van der Waals surface area (Å²) in [4.78, 5) is 28.8. The van der Waals surface area contributed by atoms with E-state index in [9.17, 15) is 14.0 Å². The Kier molecular flexibility index (Phi) is 4.88. The first-order valence-electron chi connectivity index (χ1n) is 8.04. The molecule has 0 fully saturated rings. The Balaban J connectivity index is 1.87. The number of nitrogens with one attached hydrogen (secondary N) is 1. The number of aromatic nitrogens is 3. The number of halogens is 1. The van der Waals surface area contributed by atoms with Gasteiger partial charge in [0.1, 0.15) is 17.7 Å². The van der Waals surface area contributed by atoms with Crippen molar-refractivity contribution in [1.29, 1.82) is 0 Å². The molecular weight excluding hydrogens is 335 g/mol. The van der Waals surface area contributed by atoms with Crippen LogP contribution in [0.15, 0.2) is 59.4 Å². The third kappa shape index (κ3) is 3.83. The molecule has 1 amide bonds. The molecule has 0 aliphatic carbocycles. The van der Waals surface area contributed by atoms with E-state index in [-0.39, 0.29) is 5.82 Å². The number of benzene rings is 1. The van der Waals surface area contributed by atoms with Crippen molar-refractivity contribution in [3.05, 3.63) is 76.5 Å². The fourth-order valence-corrected chi connectivity index (χ4v) is 2.43. The Hall–Kier alpha value is -3.35. The number of aryl methyl sites for hydroxylation is 1. The van der Waals surface area contributed by atoms with Gasteiger partial charge in [0.2, 0.25) is 5.91 Å². The van der Waals surface area contributed by atoms with Crippen LogP contribution in [-0.4, -0.2) is 20.7 Å². The van der Waals surface area contributed by atoms with Crippen molar-refractivity contribution >= 4 is 11.7 Å². The normalized spacial score (nSPS) is 11.8. The van der Waals surface area contributed by atoms with Crippen molar-refractivity contribution in [2.45, 2.75) is 19.9 Å². The average Bonchev–Trinajstić information content (AvgIpc) is 2.62. The summed E-state index contributed by atoms with van der Waals surface area (Å²) < 4.78 is 14.2. The molecule has 1 atom stereocenters. The van der Waals surface area contributed by atoms with Crippen molar-refractivity contribution in [1.82, 2.24) is 14.8 Å². The molecule has 3 rings (SSSR count). The smallest absolute Gasteiger partial charge is 0.267 e. The SMILES string of the molecule is Cc1cccc(NC(=O)[C@@H](C)n2nc(-c3ccc(F)cc3)ccc2=O)n1. The van der Waals surface area contributed by atoms with Gasteiger partial charge in [0.15, 0.2) is 0 Å². The highest BCUT2D eigenvalue weighted by molar-refractivity contribution is 5.92. The minimum Gasteiger partial charge on any atom is -0.309 e. The van der Waals surface area contributed by atoms with Crippen LogP contribution in [0.4, 0.5) is 10.2 Å². The van der Waals surface area contributed by atoms with E-state index in [4.69, 9.17) is 0 Å². The molecule has 0 saturated carbocycles. The Labute approximate surface area is 149 Å². The van der Waals surface area contributed by atoms with Crippen LogP contribution in [0.25, 0.3) is 11.3 Å². The van der Waals surface area contributed by atoms with E-state index in [0.717, 1.165) is 10.4 Å². The molecule has 3 aromatic rings. The van der Waals surface area contributed by atoms with Gasteiger partial charge in [-0.05, 0) is 56.3 Å². The molecule has 6 nitrogen and oxygen atoms in total. The fraction of sp³-hybridized carbons (Fsp3) is 0.158. The van der Waals surface area contributed by atoms with E-state index in [2.05, 4.69) is 15.4 Å². The molecule has 2 heterocycles. The molecule has 1 aromatic carbocycles. The summed E-state index contributed by atoms with van der Waals surface area (Å²) in [7, 11) is 0. The molecule has 0 radical (unpaired) electrons. The molecule has 0 aliphatic rings. The lowest BCUT2D eigenvalue weighted by molar-refractivity contribution is -0.119. The molecule has 0 aliphatic heterocycles. The second-order valence-electron chi connectivity index (χ2n) is 5.84. The predicted octanol–water partition coefficient (Wildman–Crippen LogP) is 2.95. The standard InChI is InChI=1S/C19H17FN4O2/c1-12-4-3-5-17(21-12)22-19(26)13(2)24-18(25)11-10-16(23-24)14-6-8-15(20)9-7-14/h3-11,13H,1-2H3,(H,21,22,26)/t13-/m1/s1. The summed E-state index contributed by atoms with van der Waals surface area (Å²) in [6, 6.07) is 13.0. The van der Waals surface area contributed by atoms with Crippen LogP contribution >= 0.6 is 0 Å². The summed E-state index contributed by atoms with van der Waals surface area (Å²) in [5.41, 5.74) is 1.48. The van der Waals surface area contributed by atoms with Crippen LogP contribution in [0.2, 0.25) is 0 Å². The topological polar surface area (TPSA) is 76.9 Å². The highest BCUT2D eigenvalue weighted by Gasteiger charge is 2.18. The van der Waals surface area contributed by atoms with E-state index in [1.807, 2.05) is 13.0 Å². The Bertz CT molecular complexity index is 999. The zero-order chi connectivity index (χ0) is 18.7. The number of rotatable bonds is 4. The number of hydrogen-bond donors (Lipinski definition) is 1. The summed E-state index contributed by atoms with van der Waals surface area (Å²) in [5, 5.41) is 6.93. The number of amides is 1. The number of anilines is 1. The molecule has 7 heteroatoms. The minimum absolute atomic E-state index is 0.361. The van der Waals surface area contributed by atoms with Crippen molar-refractivity contribution in [3.63, 3.8) is 0 Å². The van der Waals surface area contributed by atoms with Gasteiger partial charge in [0, 0.05) is 17.3 Å². The summed E-state index contributed by atoms with van der Waals surface area (Å²) in [5.74, 6) is -0.362. The van der Waals surface area contributed by atoms with Crippen LogP contribution in [0, 0.1) is 12.7 Å². The molecule has 132 valence electrons. The van der Waals surface area contributed by atoms with Crippen LogP contribution in [0.3, 0.4) is 0 Å². The Morgan fingerprint density at radius 3 is 2.54 bits per heavy atom. The molecule has 26 heavy (non-hydrogen) atoms. The fourth-order valence-electron chi connectivity index (χ4n) is 2.43. The van der Waals surface area contributed by atoms with Gasteiger partial charge in [-0.1, -0.05) is 6.07 Å². The third-order valence-corrected chi connectivity index (χ3v) is 3.85. The van der Waals surface area contributed by atoms with Crippen molar-refractivity contribution < 1.29 is 9.18 Å². The molecule has 0 bridgehead atoms. The summed E-state index contributed by atoms with van der Waals surface area (Å²) >= 11 is 0. The average molecular weight is 352 g/mol. The second kappa shape index (κ2) is 7.26. The molecular formula is C19H17FN4O2. The summed E-state index contributed by atoms with van der Waals surface area (Å²) in [6.07, 6.45) is 0. The first-order valence-corrected chi connectivity index (χ1v) is 8.04. The largest absolute Gasteiger partial charge is 0.309 e. The predicted molar refractivity (Wildman–Crippen MR) is 96.2 cm³/mol. The number of nitrogens with zero attached hydrogens (tertiary/aromatic N) is 3. The van der Waals surface area contributed by atoms with Gasteiger partial charge in [-0.15, -0.1) is 0 Å². The number of carbonyl (C=O) groups is 1. The molecule has 0 saturated heterocycles. The highest BCUT2D eigenvalue weighted by atomic mass is 19.1. The van der Waals surface area contributed by atoms with E-state index in [1.165, 1.54) is 18.2 Å². The van der Waals surface area contributed by atoms with Crippen LogP contribution in [0.1, 0.15) is 18.7 Å².